The predicted molar refractivity (Wildman–Crippen MR) is 127 cm³/mol. The molecule has 11 heteroatoms. The normalized spacial score (nSPS) is 10.7. The van der Waals surface area contributed by atoms with Gasteiger partial charge >= 0.3 is 0 Å². The molecule has 7 nitrogen and oxygen atoms in total. The summed E-state index contributed by atoms with van der Waals surface area (Å²) in [5, 5.41) is 15.1. The molecule has 2 N–H and O–H groups in total. The van der Waals surface area contributed by atoms with Crippen molar-refractivity contribution in [1.82, 2.24) is 20.1 Å². The van der Waals surface area contributed by atoms with E-state index >= 15 is 0 Å². The number of amides is 2. The van der Waals surface area contributed by atoms with E-state index in [0.717, 1.165) is 15.7 Å². The molecule has 3 aromatic rings. The molecule has 0 aliphatic heterocycles. The quantitative estimate of drug-likeness (QED) is 0.416. The summed E-state index contributed by atoms with van der Waals surface area (Å²) in [5.41, 5.74) is 2.05. The van der Waals surface area contributed by atoms with E-state index < -0.39 is 0 Å². The number of halogens is 3. The van der Waals surface area contributed by atoms with Crippen LogP contribution in [0.1, 0.15) is 21.7 Å². The number of carbonyl (C=O) groups excluding carboxylic acids is 2. The molecule has 1 aromatic heterocycles. The summed E-state index contributed by atoms with van der Waals surface area (Å²) in [6.45, 7) is 2.08. The van der Waals surface area contributed by atoms with Gasteiger partial charge in [-0.3, -0.25) is 9.59 Å². The van der Waals surface area contributed by atoms with Crippen LogP contribution in [0, 0.1) is 6.92 Å². The molecule has 0 saturated carbocycles. The summed E-state index contributed by atoms with van der Waals surface area (Å²) in [4.78, 5) is 24.6. The van der Waals surface area contributed by atoms with Crippen molar-refractivity contribution in [1.29, 1.82) is 0 Å². The van der Waals surface area contributed by atoms with Gasteiger partial charge in [0.15, 0.2) is 11.0 Å². The largest absolute Gasteiger partial charge is 0.345 e. The molecule has 3 rings (SSSR count). The third-order valence-corrected chi connectivity index (χ3v) is 6.36. The Labute approximate surface area is 202 Å². The van der Waals surface area contributed by atoms with Crippen molar-refractivity contribution < 1.29 is 9.59 Å². The van der Waals surface area contributed by atoms with Crippen LogP contribution in [0.15, 0.2) is 46.0 Å². The highest BCUT2D eigenvalue weighted by molar-refractivity contribution is 9.10. The van der Waals surface area contributed by atoms with E-state index in [1.807, 2.05) is 25.1 Å². The minimum Gasteiger partial charge on any atom is -0.345 e. The SMILES string of the molecule is Cc1cc(Br)ccc1NC(=O)CSc1nnc(CNC(=O)c2ccc(Cl)cc2Cl)n1C. The van der Waals surface area contributed by atoms with E-state index in [4.69, 9.17) is 23.2 Å². The van der Waals surface area contributed by atoms with Gasteiger partial charge in [0.05, 0.1) is 22.9 Å². The number of nitrogens with one attached hydrogen (secondary N) is 2. The Balaban J connectivity index is 1.54. The van der Waals surface area contributed by atoms with Crippen molar-refractivity contribution in [2.24, 2.45) is 7.05 Å². The molecule has 0 aliphatic rings. The van der Waals surface area contributed by atoms with Gasteiger partial charge in [-0.1, -0.05) is 50.9 Å². The molecule has 2 aromatic carbocycles. The fourth-order valence-corrected chi connectivity index (χ4v) is 4.34. The summed E-state index contributed by atoms with van der Waals surface area (Å²) >= 11 is 16.6. The van der Waals surface area contributed by atoms with Crippen molar-refractivity contribution in [3.05, 3.63) is 67.9 Å². The van der Waals surface area contributed by atoms with Crippen LogP contribution in [0.2, 0.25) is 10.0 Å². The molecular formula is C20H18BrCl2N5O2S. The van der Waals surface area contributed by atoms with Crippen molar-refractivity contribution in [3.63, 3.8) is 0 Å². The first kappa shape index (κ1) is 23.6. The first-order chi connectivity index (χ1) is 14.7. The zero-order valence-electron chi connectivity index (χ0n) is 16.6. The van der Waals surface area contributed by atoms with E-state index in [-0.39, 0.29) is 29.1 Å². The lowest BCUT2D eigenvalue weighted by molar-refractivity contribution is -0.113. The van der Waals surface area contributed by atoms with Gasteiger partial charge in [0.1, 0.15) is 0 Å². The number of carbonyl (C=O) groups is 2. The standard InChI is InChI=1S/C20H18BrCl2N5O2S/c1-11-7-12(21)3-6-16(11)25-18(29)10-31-20-27-26-17(28(20)2)9-24-19(30)14-5-4-13(22)8-15(14)23/h3-8H,9-10H2,1-2H3,(H,24,30)(H,25,29). The number of thioether (sulfide) groups is 1. The maximum atomic E-state index is 12.3. The van der Waals surface area contributed by atoms with E-state index in [2.05, 4.69) is 36.8 Å². The van der Waals surface area contributed by atoms with Gasteiger partial charge in [-0.15, -0.1) is 10.2 Å². The average molecular weight is 543 g/mol. The molecule has 31 heavy (non-hydrogen) atoms. The van der Waals surface area contributed by atoms with Gasteiger partial charge < -0.3 is 15.2 Å². The summed E-state index contributed by atoms with van der Waals surface area (Å²) in [5.74, 6) is 0.229. The highest BCUT2D eigenvalue weighted by Crippen LogP contribution is 2.22. The van der Waals surface area contributed by atoms with Gasteiger partial charge in [-0.25, -0.2) is 0 Å². The van der Waals surface area contributed by atoms with Crippen molar-refractivity contribution >= 4 is 68.4 Å². The second-order valence-electron chi connectivity index (χ2n) is 6.56. The van der Waals surface area contributed by atoms with Gasteiger partial charge in [0, 0.05) is 22.2 Å². The number of rotatable bonds is 7. The van der Waals surface area contributed by atoms with Crippen LogP contribution in [0.25, 0.3) is 0 Å². The summed E-state index contributed by atoms with van der Waals surface area (Å²) in [6.07, 6.45) is 0. The van der Waals surface area contributed by atoms with Crippen LogP contribution in [-0.4, -0.2) is 32.3 Å². The first-order valence-electron chi connectivity index (χ1n) is 9.05. The van der Waals surface area contributed by atoms with Crippen LogP contribution < -0.4 is 10.6 Å². The number of hydrogen-bond acceptors (Lipinski definition) is 5. The molecule has 2 amide bonds. The Kier molecular flexibility index (Phi) is 7.99. The lowest BCUT2D eigenvalue weighted by atomic mass is 10.2. The molecule has 0 aliphatic carbocycles. The van der Waals surface area contributed by atoms with E-state index in [1.165, 1.54) is 17.8 Å². The lowest BCUT2D eigenvalue weighted by Crippen LogP contribution is -2.24. The van der Waals surface area contributed by atoms with Crippen LogP contribution in [0.3, 0.4) is 0 Å². The summed E-state index contributed by atoms with van der Waals surface area (Å²) in [7, 11) is 1.77. The highest BCUT2D eigenvalue weighted by Gasteiger charge is 2.15. The number of aromatic nitrogens is 3. The Morgan fingerprint density at radius 3 is 2.65 bits per heavy atom. The molecule has 162 valence electrons. The van der Waals surface area contributed by atoms with E-state index in [0.29, 0.717) is 21.6 Å². The number of anilines is 1. The monoisotopic (exact) mass is 541 g/mol. The topological polar surface area (TPSA) is 88.9 Å². The maximum absolute atomic E-state index is 12.3. The number of aryl methyl sites for hydroxylation is 1. The smallest absolute Gasteiger partial charge is 0.253 e. The van der Waals surface area contributed by atoms with E-state index in [9.17, 15) is 9.59 Å². The zero-order chi connectivity index (χ0) is 22.5. The number of benzene rings is 2. The summed E-state index contributed by atoms with van der Waals surface area (Å²) < 4.78 is 2.68. The van der Waals surface area contributed by atoms with Crippen molar-refractivity contribution in [3.8, 4) is 0 Å². The van der Waals surface area contributed by atoms with Gasteiger partial charge in [0.2, 0.25) is 5.91 Å². The molecule has 0 atom stereocenters. The molecule has 0 saturated heterocycles. The Bertz CT molecular complexity index is 1140. The molecule has 0 fully saturated rings. The van der Waals surface area contributed by atoms with Crippen molar-refractivity contribution in [2.45, 2.75) is 18.6 Å². The van der Waals surface area contributed by atoms with Gasteiger partial charge in [-0.05, 0) is 48.9 Å². The van der Waals surface area contributed by atoms with Crippen molar-refractivity contribution in [2.75, 3.05) is 11.1 Å². The minimum absolute atomic E-state index is 0.148. The number of hydrogen-bond donors (Lipinski definition) is 2. The van der Waals surface area contributed by atoms with Crippen LogP contribution in [0.4, 0.5) is 5.69 Å². The highest BCUT2D eigenvalue weighted by atomic mass is 79.9. The molecular weight excluding hydrogens is 525 g/mol. The maximum Gasteiger partial charge on any atom is 0.253 e. The Hall–Kier alpha value is -2.07. The Morgan fingerprint density at radius 1 is 1.16 bits per heavy atom. The molecule has 1 heterocycles. The first-order valence-corrected chi connectivity index (χ1v) is 11.6. The lowest BCUT2D eigenvalue weighted by Gasteiger charge is -2.09. The third kappa shape index (κ3) is 6.22. The predicted octanol–water partition coefficient (Wildman–Crippen LogP) is 4.85. The number of nitrogens with zero attached hydrogens (tertiary/aromatic N) is 3. The van der Waals surface area contributed by atoms with Gasteiger partial charge in [0.25, 0.3) is 5.91 Å². The van der Waals surface area contributed by atoms with Gasteiger partial charge in [-0.2, -0.15) is 0 Å². The summed E-state index contributed by atoms with van der Waals surface area (Å²) in [6, 6.07) is 10.3. The molecule has 0 spiro atoms. The van der Waals surface area contributed by atoms with E-state index in [1.54, 1.807) is 23.7 Å². The zero-order valence-corrected chi connectivity index (χ0v) is 20.5. The Morgan fingerprint density at radius 2 is 1.94 bits per heavy atom. The fourth-order valence-electron chi connectivity index (χ4n) is 2.64. The minimum atomic E-state index is -0.344. The third-order valence-electron chi connectivity index (χ3n) is 4.30. The van der Waals surface area contributed by atoms with Crippen LogP contribution >= 0.6 is 50.9 Å². The molecule has 0 bridgehead atoms. The van der Waals surface area contributed by atoms with Crippen LogP contribution in [0.5, 0.6) is 0 Å². The second kappa shape index (κ2) is 10.5. The molecule has 0 radical (unpaired) electrons. The second-order valence-corrected chi connectivity index (χ2v) is 9.26. The van der Waals surface area contributed by atoms with Crippen LogP contribution in [-0.2, 0) is 18.4 Å². The average Bonchev–Trinajstić information content (AvgIpc) is 3.06. The fraction of sp³-hybridized carbons (Fsp3) is 0.200. The molecule has 0 unspecified atom stereocenters.